The van der Waals surface area contributed by atoms with Crippen LogP contribution in [0.3, 0.4) is 0 Å². The number of nitrogens with one attached hydrogen (secondary N) is 1. The number of methoxy groups -OCH3 is 1. The van der Waals surface area contributed by atoms with Crippen LogP contribution < -0.4 is 5.32 Å². The molecule has 4 heteroatoms. The van der Waals surface area contributed by atoms with E-state index in [0.29, 0.717) is 6.04 Å². The van der Waals surface area contributed by atoms with E-state index in [0.717, 1.165) is 25.9 Å². The van der Waals surface area contributed by atoms with Gasteiger partial charge in [-0.15, -0.1) is 0 Å². The van der Waals surface area contributed by atoms with Crippen molar-refractivity contribution >= 4 is 0 Å². The van der Waals surface area contributed by atoms with Crippen LogP contribution in [0, 0.1) is 5.41 Å². The summed E-state index contributed by atoms with van der Waals surface area (Å²) < 4.78 is 7.94. The van der Waals surface area contributed by atoms with Gasteiger partial charge >= 0.3 is 0 Å². The number of aromatic nitrogens is 2. The SMILES string of the molecule is CCNC(Cc1cc(CC)nn1CC)C(OC)C(C)(C)C. The highest BCUT2D eigenvalue weighted by molar-refractivity contribution is 5.13. The first kappa shape index (κ1) is 18.2. The third-order valence-electron chi connectivity index (χ3n) is 3.94. The van der Waals surface area contributed by atoms with Gasteiger partial charge in [0, 0.05) is 31.8 Å². The van der Waals surface area contributed by atoms with E-state index in [2.05, 4.69) is 62.7 Å². The molecule has 0 aliphatic heterocycles. The highest BCUT2D eigenvalue weighted by Crippen LogP contribution is 2.26. The Hall–Kier alpha value is -0.870. The molecule has 122 valence electrons. The van der Waals surface area contributed by atoms with Gasteiger partial charge in [0.25, 0.3) is 0 Å². The average Bonchev–Trinajstić information content (AvgIpc) is 2.80. The smallest absolute Gasteiger partial charge is 0.0776 e. The Morgan fingerprint density at radius 2 is 1.95 bits per heavy atom. The zero-order chi connectivity index (χ0) is 16.0. The third kappa shape index (κ3) is 4.82. The zero-order valence-electron chi connectivity index (χ0n) is 14.9. The highest BCUT2D eigenvalue weighted by Gasteiger charge is 2.32. The quantitative estimate of drug-likeness (QED) is 0.801. The Morgan fingerprint density at radius 3 is 2.38 bits per heavy atom. The summed E-state index contributed by atoms with van der Waals surface area (Å²) in [6.07, 6.45) is 2.10. The van der Waals surface area contributed by atoms with Crippen molar-refractivity contribution in [2.75, 3.05) is 13.7 Å². The maximum Gasteiger partial charge on any atom is 0.0776 e. The van der Waals surface area contributed by atoms with E-state index in [1.165, 1.54) is 11.4 Å². The van der Waals surface area contributed by atoms with E-state index in [4.69, 9.17) is 4.74 Å². The molecule has 1 heterocycles. The summed E-state index contributed by atoms with van der Waals surface area (Å²) in [6, 6.07) is 2.54. The summed E-state index contributed by atoms with van der Waals surface area (Å²) in [5.41, 5.74) is 2.57. The molecule has 0 aliphatic rings. The summed E-state index contributed by atoms with van der Waals surface area (Å²) in [5, 5.41) is 8.26. The highest BCUT2D eigenvalue weighted by atomic mass is 16.5. The van der Waals surface area contributed by atoms with Crippen LogP contribution in [0.15, 0.2) is 6.07 Å². The number of aryl methyl sites for hydroxylation is 2. The molecular formula is C17H33N3O. The lowest BCUT2D eigenvalue weighted by Gasteiger charge is -2.36. The molecule has 0 amide bonds. The second-order valence-electron chi connectivity index (χ2n) is 6.69. The van der Waals surface area contributed by atoms with Crippen LogP contribution in [0.5, 0.6) is 0 Å². The van der Waals surface area contributed by atoms with Crippen molar-refractivity contribution in [3.63, 3.8) is 0 Å². The van der Waals surface area contributed by atoms with Crippen LogP contribution in [0.1, 0.15) is 52.9 Å². The topological polar surface area (TPSA) is 39.1 Å². The molecule has 0 fully saturated rings. The van der Waals surface area contributed by atoms with E-state index in [9.17, 15) is 0 Å². The van der Waals surface area contributed by atoms with Crippen molar-refractivity contribution in [2.24, 2.45) is 5.41 Å². The van der Waals surface area contributed by atoms with Crippen molar-refractivity contribution in [2.45, 2.75) is 73.1 Å². The van der Waals surface area contributed by atoms with Crippen LogP contribution in [0.2, 0.25) is 0 Å². The predicted octanol–water partition coefficient (Wildman–Crippen LogP) is 3.05. The van der Waals surface area contributed by atoms with E-state index < -0.39 is 0 Å². The second-order valence-corrected chi connectivity index (χ2v) is 6.69. The fraction of sp³-hybridized carbons (Fsp3) is 0.824. The second kappa shape index (κ2) is 7.95. The zero-order valence-corrected chi connectivity index (χ0v) is 14.9. The first-order valence-corrected chi connectivity index (χ1v) is 8.19. The minimum Gasteiger partial charge on any atom is -0.379 e. The van der Waals surface area contributed by atoms with Crippen molar-refractivity contribution in [1.82, 2.24) is 15.1 Å². The standard InChI is InChI=1S/C17H33N3O/c1-8-13-11-14(20(10-3)19-13)12-15(18-9-2)16(21-7)17(4,5)6/h11,15-16,18H,8-10,12H2,1-7H3. The number of rotatable bonds is 8. The molecule has 1 aromatic rings. The van der Waals surface area contributed by atoms with E-state index in [1.54, 1.807) is 0 Å². The van der Waals surface area contributed by atoms with Gasteiger partial charge in [0.15, 0.2) is 0 Å². The molecule has 1 aromatic heterocycles. The maximum absolute atomic E-state index is 5.82. The van der Waals surface area contributed by atoms with Crippen LogP contribution in [0.25, 0.3) is 0 Å². The molecule has 21 heavy (non-hydrogen) atoms. The van der Waals surface area contributed by atoms with E-state index in [-0.39, 0.29) is 11.5 Å². The van der Waals surface area contributed by atoms with Gasteiger partial charge in [0.05, 0.1) is 11.8 Å². The van der Waals surface area contributed by atoms with Gasteiger partial charge in [0.1, 0.15) is 0 Å². The molecule has 1 N–H and O–H groups in total. The monoisotopic (exact) mass is 295 g/mol. The van der Waals surface area contributed by atoms with Gasteiger partial charge in [0.2, 0.25) is 0 Å². The van der Waals surface area contributed by atoms with Gasteiger partial charge in [-0.2, -0.15) is 5.10 Å². The molecule has 0 saturated carbocycles. The van der Waals surface area contributed by atoms with E-state index >= 15 is 0 Å². The fourth-order valence-electron chi connectivity index (χ4n) is 3.02. The molecular weight excluding hydrogens is 262 g/mol. The Labute approximate surface area is 130 Å². The van der Waals surface area contributed by atoms with Gasteiger partial charge in [-0.3, -0.25) is 4.68 Å². The Kier molecular flexibility index (Phi) is 6.88. The first-order valence-electron chi connectivity index (χ1n) is 8.19. The minimum absolute atomic E-state index is 0.103. The van der Waals surface area contributed by atoms with Crippen LogP contribution in [0.4, 0.5) is 0 Å². The van der Waals surface area contributed by atoms with Crippen LogP contribution in [-0.4, -0.2) is 35.6 Å². The molecule has 4 nitrogen and oxygen atoms in total. The molecule has 0 saturated heterocycles. The molecule has 0 aliphatic carbocycles. The molecule has 0 spiro atoms. The normalized spacial score (nSPS) is 15.2. The van der Waals surface area contributed by atoms with Gasteiger partial charge < -0.3 is 10.1 Å². The Balaban J connectivity index is 2.99. The van der Waals surface area contributed by atoms with Gasteiger partial charge in [-0.25, -0.2) is 0 Å². The third-order valence-corrected chi connectivity index (χ3v) is 3.94. The molecule has 0 bridgehead atoms. The largest absolute Gasteiger partial charge is 0.379 e. The van der Waals surface area contributed by atoms with Crippen LogP contribution >= 0.6 is 0 Å². The van der Waals surface area contributed by atoms with Crippen molar-refractivity contribution in [1.29, 1.82) is 0 Å². The number of hydrogen-bond acceptors (Lipinski definition) is 3. The Morgan fingerprint density at radius 1 is 1.29 bits per heavy atom. The number of ether oxygens (including phenoxy) is 1. The molecule has 0 radical (unpaired) electrons. The average molecular weight is 295 g/mol. The predicted molar refractivity (Wildman–Crippen MR) is 88.7 cm³/mol. The summed E-state index contributed by atoms with van der Waals surface area (Å²) in [7, 11) is 1.81. The van der Waals surface area contributed by atoms with E-state index in [1.807, 2.05) is 7.11 Å². The molecule has 0 aromatic carbocycles. The van der Waals surface area contributed by atoms with Crippen LogP contribution in [-0.2, 0) is 24.1 Å². The number of hydrogen-bond donors (Lipinski definition) is 1. The van der Waals surface area contributed by atoms with Gasteiger partial charge in [-0.05, 0) is 31.4 Å². The first-order chi connectivity index (χ1) is 9.87. The lowest BCUT2D eigenvalue weighted by atomic mass is 9.83. The molecule has 2 atom stereocenters. The van der Waals surface area contributed by atoms with Crippen molar-refractivity contribution < 1.29 is 4.74 Å². The summed E-state index contributed by atoms with van der Waals surface area (Å²) in [4.78, 5) is 0. The Bertz CT molecular complexity index is 420. The maximum atomic E-state index is 5.82. The molecule has 1 rings (SSSR count). The van der Waals surface area contributed by atoms with Crippen molar-refractivity contribution in [3.05, 3.63) is 17.5 Å². The lowest BCUT2D eigenvalue weighted by Crippen LogP contribution is -2.49. The minimum atomic E-state index is 0.103. The summed E-state index contributed by atoms with van der Waals surface area (Å²) in [5.74, 6) is 0. The summed E-state index contributed by atoms with van der Waals surface area (Å²) in [6.45, 7) is 15.0. The fourth-order valence-corrected chi connectivity index (χ4v) is 3.02. The number of likely N-dealkylation sites (N-methyl/N-ethyl adjacent to an activating group) is 1. The van der Waals surface area contributed by atoms with Crippen molar-refractivity contribution in [3.8, 4) is 0 Å². The lowest BCUT2D eigenvalue weighted by molar-refractivity contribution is -0.0110. The number of nitrogens with zero attached hydrogens (tertiary/aromatic N) is 2. The summed E-state index contributed by atoms with van der Waals surface area (Å²) >= 11 is 0. The molecule has 2 unspecified atom stereocenters. The van der Waals surface area contributed by atoms with Gasteiger partial charge in [-0.1, -0.05) is 34.6 Å².